The lowest BCUT2D eigenvalue weighted by atomic mass is 10.1. The number of hydrogen-bond acceptors (Lipinski definition) is 4. The standard InChI is InChI=1S/C19H16N2O3S/c1-12-10-18(21-15-8-4-2-6-13(12)15)25-11-17(22)20-16-9-5-3-7-14(16)19(23)24/h2-10H,11H2,1H3,(H,20,22)(H,23,24). The molecule has 1 amide bonds. The number of rotatable bonds is 5. The summed E-state index contributed by atoms with van der Waals surface area (Å²) < 4.78 is 0. The number of benzene rings is 2. The lowest BCUT2D eigenvalue weighted by molar-refractivity contribution is -0.395. The summed E-state index contributed by atoms with van der Waals surface area (Å²) in [7, 11) is 0. The molecule has 0 aliphatic rings. The van der Waals surface area contributed by atoms with Crippen LogP contribution in [0, 0.1) is 6.92 Å². The summed E-state index contributed by atoms with van der Waals surface area (Å²) in [5.74, 6) is -1.43. The third-order valence-electron chi connectivity index (χ3n) is 3.74. The summed E-state index contributed by atoms with van der Waals surface area (Å²) in [6.45, 7) is 2.02. The fourth-order valence-electron chi connectivity index (χ4n) is 2.56. The van der Waals surface area contributed by atoms with Gasteiger partial charge in [0.1, 0.15) is 0 Å². The minimum atomic E-state index is -1.32. The van der Waals surface area contributed by atoms with E-state index in [1.54, 1.807) is 18.2 Å². The molecule has 126 valence electrons. The monoisotopic (exact) mass is 352 g/mol. The Balaban J connectivity index is 1.70. The third kappa shape index (κ3) is 3.97. The average molecular weight is 352 g/mol. The maximum Gasteiger partial charge on any atom is 0.239 e. The molecule has 2 aromatic carbocycles. The molecule has 25 heavy (non-hydrogen) atoms. The molecule has 0 fully saturated rings. The number of carboxylic acids is 1. The van der Waals surface area contributed by atoms with E-state index in [1.807, 2.05) is 37.3 Å². The maximum absolute atomic E-state index is 12.1. The van der Waals surface area contributed by atoms with Crippen LogP contribution in [0.4, 0.5) is 5.69 Å². The van der Waals surface area contributed by atoms with Gasteiger partial charge in [0.25, 0.3) is 0 Å². The summed E-state index contributed by atoms with van der Waals surface area (Å²) >= 11 is 1.36. The zero-order chi connectivity index (χ0) is 17.8. The van der Waals surface area contributed by atoms with Crippen LogP contribution in [-0.4, -0.2) is 17.6 Å². The van der Waals surface area contributed by atoms with Gasteiger partial charge in [-0.05, 0) is 36.4 Å². The number of nitrogens with one attached hydrogen (secondary N) is 2. The Bertz CT molecular complexity index is 956. The van der Waals surface area contributed by atoms with Crippen molar-refractivity contribution in [2.75, 3.05) is 11.1 Å². The topological polar surface area (TPSA) is 83.4 Å². The van der Waals surface area contributed by atoms with Crippen molar-refractivity contribution in [1.82, 2.24) is 0 Å². The first-order chi connectivity index (χ1) is 12.0. The Hall–Kier alpha value is -2.86. The van der Waals surface area contributed by atoms with Crippen LogP contribution in [0.2, 0.25) is 0 Å². The average Bonchev–Trinajstić information content (AvgIpc) is 2.60. The quantitative estimate of drug-likeness (QED) is 0.713. The number of aromatic amines is 1. The van der Waals surface area contributed by atoms with Crippen LogP contribution >= 0.6 is 11.8 Å². The van der Waals surface area contributed by atoms with Crippen molar-refractivity contribution in [2.45, 2.75) is 11.9 Å². The number of carbonyl (C=O) groups excluding carboxylic acids is 2. The molecule has 1 heterocycles. The molecular weight excluding hydrogens is 336 g/mol. The van der Waals surface area contributed by atoms with Gasteiger partial charge in [0.15, 0.2) is 0 Å². The van der Waals surface area contributed by atoms with Crippen molar-refractivity contribution in [1.29, 1.82) is 0 Å². The molecule has 2 N–H and O–H groups in total. The first-order valence-electron chi connectivity index (χ1n) is 7.69. The van der Waals surface area contributed by atoms with E-state index in [4.69, 9.17) is 0 Å². The molecule has 0 aliphatic carbocycles. The van der Waals surface area contributed by atoms with Crippen molar-refractivity contribution in [3.8, 4) is 0 Å². The van der Waals surface area contributed by atoms with Gasteiger partial charge in [-0.3, -0.25) is 4.79 Å². The molecule has 0 saturated heterocycles. The molecule has 3 rings (SSSR count). The SMILES string of the molecule is Cc1cc(SCC(=O)Nc2ccccc2C(=O)[O-])[nH+]c2ccccc12. The van der Waals surface area contributed by atoms with Crippen LogP contribution < -0.4 is 15.4 Å². The molecule has 5 nitrogen and oxygen atoms in total. The largest absolute Gasteiger partial charge is 0.545 e. The van der Waals surface area contributed by atoms with Crippen molar-refractivity contribution in [2.24, 2.45) is 0 Å². The summed E-state index contributed by atoms with van der Waals surface area (Å²) in [5.41, 5.74) is 2.34. The van der Waals surface area contributed by atoms with Gasteiger partial charge in [0.05, 0.1) is 11.7 Å². The Morgan fingerprint density at radius 3 is 2.64 bits per heavy atom. The molecule has 0 radical (unpaired) electrons. The number of carboxylic acid groups (broad SMARTS) is 1. The highest BCUT2D eigenvalue weighted by atomic mass is 32.2. The number of anilines is 1. The second kappa shape index (κ2) is 7.36. The van der Waals surface area contributed by atoms with Gasteiger partial charge in [-0.15, -0.1) is 0 Å². The lowest BCUT2D eigenvalue weighted by Gasteiger charge is -2.11. The van der Waals surface area contributed by atoms with Crippen LogP contribution in [0.25, 0.3) is 10.9 Å². The number of aromatic nitrogens is 1. The van der Waals surface area contributed by atoms with Crippen LogP contribution in [0.1, 0.15) is 15.9 Å². The predicted molar refractivity (Wildman–Crippen MR) is 95.4 cm³/mol. The van der Waals surface area contributed by atoms with Crippen molar-refractivity contribution >= 4 is 40.2 Å². The molecule has 3 aromatic rings. The van der Waals surface area contributed by atoms with Gasteiger partial charge >= 0.3 is 0 Å². The summed E-state index contributed by atoms with van der Waals surface area (Å²) in [6.07, 6.45) is 0. The number of pyridine rings is 1. The number of para-hydroxylation sites is 2. The van der Waals surface area contributed by atoms with E-state index in [-0.39, 0.29) is 22.9 Å². The Morgan fingerprint density at radius 2 is 1.84 bits per heavy atom. The second-order valence-electron chi connectivity index (χ2n) is 5.53. The molecule has 0 spiro atoms. The number of H-pyrrole nitrogens is 1. The van der Waals surface area contributed by atoms with Crippen LogP contribution in [0.5, 0.6) is 0 Å². The van der Waals surface area contributed by atoms with E-state index < -0.39 is 5.97 Å². The van der Waals surface area contributed by atoms with E-state index in [0.717, 1.165) is 21.5 Å². The van der Waals surface area contributed by atoms with Gasteiger partial charge < -0.3 is 15.2 Å². The molecular formula is C19H16N2O3S. The zero-order valence-corrected chi connectivity index (χ0v) is 14.4. The first-order valence-corrected chi connectivity index (χ1v) is 8.68. The van der Waals surface area contributed by atoms with Gasteiger partial charge in [0, 0.05) is 28.8 Å². The summed E-state index contributed by atoms with van der Waals surface area (Å²) in [6, 6.07) is 16.2. The predicted octanol–water partition coefficient (Wildman–Crippen LogP) is 2.06. The molecule has 0 saturated carbocycles. The highest BCUT2D eigenvalue weighted by Crippen LogP contribution is 2.21. The third-order valence-corrected chi connectivity index (χ3v) is 4.67. The zero-order valence-electron chi connectivity index (χ0n) is 13.5. The van der Waals surface area contributed by atoms with E-state index >= 15 is 0 Å². The lowest BCUT2D eigenvalue weighted by Crippen LogP contribution is -2.25. The normalized spacial score (nSPS) is 10.6. The number of hydrogen-bond donors (Lipinski definition) is 1. The van der Waals surface area contributed by atoms with E-state index in [9.17, 15) is 14.7 Å². The van der Waals surface area contributed by atoms with Gasteiger partial charge in [-0.1, -0.05) is 30.3 Å². The van der Waals surface area contributed by atoms with Crippen LogP contribution in [0.15, 0.2) is 59.6 Å². The highest BCUT2D eigenvalue weighted by Gasteiger charge is 2.13. The van der Waals surface area contributed by atoms with E-state index in [0.29, 0.717) is 0 Å². The van der Waals surface area contributed by atoms with E-state index in [2.05, 4.69) is 10.3 Å². The molecule has 0 bridgehead atoms. The molecule has 0 aliphatic heterocycles. The smallest absolute Gasteiger partial charge is 0.239 e. The van der Waals surface area contributed by atoms with Crippen molar-refractivity contribution in [3.63, 3.8) is 0 Å². The highest BCUT2D eigenvalue weighted by molar-refractivity contribution is 7.99. The minimum Gasteiger partial charge on any atom is -0.545 e. The number of aromatic carboxylic acids is 1. The second-order valence-corrected chi connectivity index (χ2v) is 6.55. The van der Waals surface area contributed by atoms with Crippen LogP contribution in [0.3, 0.4) is 0 Å². The number of thioether (sulfide) groups is 1. The summed E-state index contributed by atoms with van der Waals surface area (Å²) in [4.78, 5) is 26.5. The first kappa shape index (κ1) is 17.0. The molecule has 6 heteroatoms. The molecule has 0 unspecified atom stereocenters. The van der Waals surface area contributed by atoms with Crippen molar-refractivity contribution < 1.29 is 19.7 Å². The number of aryl methyl sites for hydroxylation is 1. The Morgan fingerprint density at radius 1 is 1.12 bits per heavy atom. The van der Waals surface area contributed by atoms with Gasteiger partial charge in [-0.25, -0.2) is 0 Å². The summed E-state index contributed by atoms with van der Waals surface area (Å²) in [5, 5.41) is 15.7. The number of carbonyl (C=O) groups is 2. The molecule has 1 aromatic heterocycles. The van der Waals surface area contributed by atoms with Gasteiger partial charge in [-0.2, -0.15) is 4.98 Å². The van der Waals surface area contributed by atoms with Crippen LogP contribution in [-0.2, 0) is 4.79 Å². The maximum atomic E-state index is 12.1. The van der Waals surface area contributed by atoms with Crippen molar-refractivity contribution in [3.05, 3.63) is 65.7 Å². The van der Waals surface area contributed by atoms with Gasteiger partial charge in [0.2, 0.25) is 16.4 Å². The Kier molecular flexibility index (Phi) is 5.00. The number of amides is 1. The fraction of sp³-hybridized carbons (Fsp3) is 0.105. The molecule has 0 atom stereocenters. The minimum absolute atomic E-state index is 0.0334. The fourth-order valence-corrected chi connectivity index (χ4v) is 3.36. The van der Waals surface area contributed by atoms with E-state index in [1.165, 1.54) is 17.8 Å². The number of fused-ring (bicyclic) bond motifs is 1. The Labute approximate surface area is 149 Å².